The van der Waals surface area contributed by atoms with Crippen LogP contribution in [0, 0.1) is 5.92 Å². The second-order valence-corrected chi connectivity index (χ2v) is 6.86. The molecule has 1 aliphatic heterocycles. The van der Waals surface area contributed by atoms with Crippen LogP contribution >= 0.6 is 23.1 Å². The summed E-state index contributed by atoms with van der Waals surface area (Å²) in [7, 11) is 0. The van der Waals surface area contributed by atoms with Crippen LogP contribution in [0.15, 0.2) is 15.2 Å². The molecule has 1 saturated heterocycles. The van der Waals surface area contributed by atoms with Crippen LogP contribution in [0.25, 0.3) is 0 Å². The average Bonchev–Trinajstić information content (AvgIpc) is 3.20. The number of thioether (sulfide) groups is 1. The van der Waals surface area contributed by atoms with Gasteiger partial charge in [-0.1, -0.05) is 23.1 Å². The molecule has 3 heterocycles. The molecular formula is C12H13N7O4S2. The van der Waals surface area contributed by atoms with Crippen molar-refractivity contribution in [2.24, 2.45) is 5.92 Å². The average molecular weight is 383 g/mol. The first-order valence-corrected chi connectivity index (χ1v) is 9.00. The van der Waals surface area contributed by atoms with Crippen LogP contribution in [0.5, 0.6) is 0 Å². The number of rotatable bonds is 6. The van der Waals surface area contributed by atoms with Crippen LogP contribution in [-0.4, -0.2) is 50.0 Å². The van der Waals surface area contributed by atoms with Gasteiger partial charge in [-0.15, -0.1) is 20.4 Å². The van der Waals surface area contributed by atoms with E-state index in [9.17, 15) is 14.4 Å². The largest absolute Gasteiger partial charge is 0.416 e. The second kappa shape index (κ2) is 7.57. The van der Waals surface area contributed by atoms with Crippen molar-refractivity contribution in [1.29, 1.82) is 0 Å². The molecule has 2 atom stereocenters. The Morgan fingerprint density at radius 2 is 2.24 bits per heavy atom. The van der Waals surface area contributed by atoms with Crippen LogP contribution in [-0.2, 0) is 16.0 Å². The molecule has 2 unspecified atom stereocenters. The van der Waals surface area contributed by atoms with E-state index < -0.39 is 11.9 Å². The highest BCUT2D eigenvalue weighted by Gasteiger charge is 2.34. The predicted molar refractivity (Wildman–Crippen MR) is 86.9 cm³/mol. The van der Waals surface area contributed by atoms with Gasteiger partial charge in [-0.3, -0.25) is 20.2 Å². The van der Waals surface area contributed by atoms with Gasteiger partial charge < -0.3 is 9.73 Å². The monoisotopic (exact) mass is 383 g/mol. The lowest BCUT2D eigenvalue weighted by atomic mass is 9.95. The van der Waals surface area contributed by atoms with Crippen molar-refractivity contribution in [2.45, 2.75) is 24.6 Å². The maximum atomic E-state index is 11.9. The van der Waals surface area contributed by atoms with Crippen molar-refractivity contribution in [3.05, 3.63) is 11.4 Å². The van der Waals surface area contributed by atoms with Gasteiger partial charge in [0.2, 0.25) is 22.8 Å². The van der Waals surface area contributed by atoms with Crippen molar-refractivity contribution in [2.75, 3.05) is 11.1 Å². The molecule has 13 heteroatoms. The number of carbonyl (C=O) groups excluding carboxylic acids is 3. The van der Waals surface area contributed by atoms with E-state index in [-0.39, 0.29) is 41.1 Å². The minimum atomic E-state index is -0.517. The third-order valence-electron chi connectivity index (χ3n) is 3.31. The Morgan fingerprint density at radius 1 is 1.40 bits per heavy atom. The van der Waals surface area contributed by atoms with Crippen molar-refractivity contribution >= 4 is 46.1 Å². The molecule has 0 radical (unpaired) electrons. The molecule has 3 rings (SSSR count). The highest BCUT2D eigenvalue weighted by Crippen LogP contribution is 2.20. The number of hydrogen-bond acceptors (Lipinski definition) is 10. The zero-order valence-electron chi connectivity index (χ0n) is 12.9. The SMILES string of the molecule is CC1NC(=O)NC(=O)C1Cc1nnc(SCC(=O)Nc2nncs2)o1. The van der Waals surface area contributed by atoms with Gasteiger partial charge in [0.05, 0.1) is 11.7 Å². The van der Waals surface area contributed by atoms with Gasteiger partial charge in [-0.25, -0.2) is 4.79 Å². The van der Waals surface area contributed by atoms with Gasteiger partial charge in [-0.2, -0.15) is 0 Å². The number of nitrogens with zero attached hydrogens (tertiary/aromatic N) is 4. The zero-order chi connectivity index (χ0) is 17.8. The summed E-state index contributed by atoms with van der Waals surface area (Å²) in [6.07, 6.45) is 0.192. The molecule has 4 amide bonds. The fourth-order valence-corrected chi connectivity index (χ4v) is 3.16. The molecule has 2 aromatic rings. The lowest BCUT2D eigenvalue weighted by molar-refractivity contribution is -0.125. The number of amides is 4. The number of imide groups is 1. The van der Waals surface area contributed by atoms with E-state index in [4.69, 9.17) is 4.42 Å². The summed E-state index contributed by atoms with van der Waals surface area (Å²) < 4.78 is 5.44. The molecule has 3 N–H and O–H groups in total. The Labute approximate surface area is 149 Å². The first-order chi connectivity index (χ1) is 12.0. The second-order valence-electron chi connectivity index (χ2n) is 5.10. The molecule has 2 aromatic heterocycles. The lowest BCUT2D eigenvalue weighted by Gasteiger charge is -2.27. The van der Waals surface area contributed by atoms with Crippen molar-refractivity contribution in [3.8, 4) is 0 Å². The summed E-state index contributed by atoms with van der Waals surface area (Å²) in [5.41, 5.74) is 1.51. The van der Waals surface area contributed by atoms with E-state index in [0.717, 1.165) is 11.8 Å². The van der Waals surface area contributed by atoms with Crippen molar-refractivity contribution < 1.29 is 18.8 Å². The maximum absolute atomic E-state index is 11.9. The zero-order valence-corrected chi connectivity index (χ0v) is 14.5. The van der Waals surface area contributed by atoms with Gasteiger partial charge in [0.15, 0.2) is 0 Å². The van der Waals surface area contributed by atoms with Gasteiger partial charge >= 0.3 is 6.03 Å². The molecule has 0 saturated carbocycles. The maximum Gasteiger partial charge on any atom is 0.321 e. The topological polar surface area (TPSA) is 152 Å². The predicted octanol–water partition coefficient (Wildman–Crippen LogP) is 0.0385. The molecule has 25 heavy (non-hydrogen) atoms. The fourth-order valence-electron chi connectivity index (χ4n) is 2.12. The van der Waals surface area contributed by atoms with E-state index >= 15 is 0 Å². The molecule has 0 aromatic carbocycles. The van der Waals surface area contributed by atoms with Crippen LogP contribution in [0.2, 0.25) is 0 Å². The van der Waals surface area contributed by atoms with Crippen molar-refractivity contribution in [3.63, 3.8) is 0 Å². The summed E-state index contributed by atoms with van der Waals surface area (Å²) >= 11 is 2.28. The van der Waals surface area contributed by atoms with Crippen molar-refractivity contribution in [1.82, 2.24) is 31.0 Å². The van der Waals surface area contributed by atoms with Gasteiger partial charge in [0.1, 0.15) is 5.51 Å². The molecule has 132 valence electrons. The first kappa shape index (κ1) is 17.3. The smallest absolute Gasteiger partial charge is 0.321 e. The Balaban J connectivity index is 1.51. The Bertz CT molecular complexity index is 778. The summed E-state index contributed by atoms with van der Waals surface area (Å²) in [6.45, 7) is 1.73. The Kier molecular flexibility index (Phi) is 5.23. The number of hydrogen-bond donors (Lipinski definition) is 3. The Morgan fingerprint density at radius 3 is 2.96 bits per heavy atom. The van der Waals surface area contributed by atoms with E-state index in [2.05, 4.69) is 36.3 Å². The molecule has 1 aliphatic rings. The van der Waals surface area contributed by atoms with Gasteiger partial charge in [-0.05, 0) is 6.92 Å². The Hall–Kier alpha value is -2.54. The minimum Gasteiger partial charge on any atom is -0.416 e. The quantitative estimate of drug-likeness (QED) is 0.587. The number of carbonyl (C=O) groups is 3. The number of nitrogens with one attached hydrogen (secondary N) is 3. The van der Waals surface area contributed by atoms with E-state index in [1.54, 1.807) is 6.92 Å². The summed E-state index contributed by atoms with van der Waals surface area (Å²) in [4.78, 5) is 34.8. The minimum absolute atomic E-state index is 0.0671. The van der Waals surface area contributed by atoms with Gasteiger partial charge in [0.25, 0.3) is 5.22 Å². The highest BCUT2D eigenvalue weighted by atomic mass is 32.2. The number of anilines is 1. The molecular weight excluding hydrogens is 370 g/mol. The first-order valence-electron chi connectivity index (χ1n) is 7.14. The van der Waals surface area contributed by atoms with E-state index in [1.165, 1.54) is 16.8 Å². The normalized spacial score (nSPS) is 20.0. The summed E-state index contributed by atoms with van der Waals surface area (Å²) in [5.74, 6) is -0.839. The van der Waals surface area contributed by atoms with Crippen LogP contribution in [0.4, 0.5) is 9.93 Å². The standard InChI is InChI=1S/C12H13N7O4S2/c1-5-6(9(21)16-10(22)14-5)2-8-17-19-12(23-8)24-3-7(20)15-11-18-13-4-25-11/h4-6H,2-3H2,1H3,(H,15,18,20)(H2,14,16,21,22). The van der Waals surface area contributed by atoms with E-state index in [1.807, 2.05) is 0 Å². The van der Waals surface area contributed by atoms with Crippen LogP contribution in [0.1, 0.15) is 12.8 Å². The van der Waals surface area contributed by atoms with E-state index in [0.29, 0.717) is 5.13 Å². The van der Waals surface area contributed by atoms with Crippen LogP contribution in [0.3, 0.4) is 0 Å². The molecule has 0 aliphatic carbocycles. The molecule has 1 fully saturated rings. The number of urea groups is 1. The third-order valence-corrected chi connectivity index (χ3v) is 4.74. The fraction of sp³-hybridized carbons (Fsp3) is 0.417. The van der Waals surface area contributed by atoms with Crippen LogP contribution < -0.4 is 16.0 Å². The summed E-state index contributed by atoms with van der Waals surface area (Å²) in [5, 5.41) is 23.1. The highest BCUT2D eigenvalue weighted by molar-refractivity contribution is 7.99. The lowest BCUT2D eigenvalue weighted by Crippen LogP contribution is -2.57. The molecule has 0 spiro atoms. The third kappa shape index (κ3) is 4.51. The van der Waals surface area contributed by atoms with Gasteiger partial charge in [0, 0.05) is 12.5 Å². The number of aromatic nitrogens is 4. The summed E-state index contributed by atoms with van der Waals surface area (Å²) in [6, 6.07) is -0.862. The molecule has 11 nitrogen and oxygen atoms in total. The molecule has 0 bridgehead atoms.